The SMILES string of the molecule is NC1(CO)CCC(Oc2cc(F)cc(F)c2)C1. The van der Waals surface area contributed by atoms with Gasteiger partial charge in [0, 0.05) is 30.2 Å². The lowest BCUT2D eigenvalue weighted by molar-refractivity contribution is 0.165. The van der Waals surface area contributed by atoms with Gasteiger partial charge in [-0.15, -0.1) is 0 Å². The van der Waals surface area contributed by atoms with E-state index in [2.05, 4.69) is 0 Å². The van der Waals surface area contributed by atoms with Crippen LogP contribution in [-0.2, 0) is 0 Å². The molecule has 0 amide bonds. The Labute approximate surface area is 98.2 Å². The highest BCUT2D eigenvalue weighted by molar-refractivity contribution is 5.24. The summed E-state index contributed by atoms with van der Waals surface area (Å²) in [5.41, 5.74) is 5.26. The average molecular weight is 243 g/mol. The van der Waals surface area contributed by atoms with Gasteiger partial charge in [0.2, 0.25) is 0 Å². The minimum absolute atomic E-state index is 0.107. The summed E-state index contributed by atoms with van der Waals surface area (Å²) >= 11 is 0. The number of nitrogens with two attached hydrogens (primary N) is 1. The highest BCUT2D eigenvalue weighted by Crippen LogP contribution is 2.31. The maximum absolute atomic E-state index is 12.9. The van der Waals surface area contributed by atoms with Crippen molar-refractivity contribution in [2.75, 3.05) is 6.61 Å². The van der Waals surface area contributed by atoms with Gasteiger partial charge < -0.3 is 15.6 Å². The third-order valence-electron chi connectivity index (χ3n) is 3.05. The summed E-state index contributed by atoms with van der Waals surface area (Å²) in [6, 6.07) is 3.07. The van der Waals surface area contributed by atoms with Crippen LogP contribution in [0.1, 0.15) is 19.3 Å². The smallest absolute Gasteiger partial charge is 0.129 e. The largest absolute Gasteiger partial charge is 0.490 e. The molecule has 1 aliphatic rings. The quantitative estimate of drug-likeness (QED) is 0.847. The van der Waals surface area contributed by atoms with Crippen LogP contribution in [0.2, 0.25) is 0 Å². The van der Waals surface area contributed by atoms with Gasteiger partial charge in [-0.25, -0.2) is 8.78 Å². The molecule has 1 aromatic carbocycles. The maximum Gasteiger partial charge on any atom is 0.129 e. The van der Waals surface area contributed by atoms with E-state index in [1.54, 1.807) is 0 Å². The molecule has 1 fully saturated rings. The van der Waals surface area contributed by atoms with E-state index in [-0.39, 0.29) is 18.5 Å². The zero-order chi connectivity index (χ0) is 12.5. The molecular weight excluding hydrogens is 228 g/mol. The fraction of sp³-hybridized carbons (Fsp3) is 0.500. The Hall–Kier alpha value is -1.20. The van der Waals surface area contributed by atoms with E-state index in [0.29, 0.717) is 19.3 Å². The molecule has 0 saturated heterocycles. The topological polar surface area (TPSA) is 55.5 Å². The van der Waals surface area contributed by atoms with Crippen LogP contribution in [0.3, 0.4) is 0 Å². The Morgan fingerprint density at radius 2 is 2.00 bits per heavy atom. The van der Waals surface area contributed by atoms with E-state index in [1.165, 1.54) is 0 Å². The number of aliphatic hydroxyl groups excluding tert-OH is 1. The van der Waals surface area contributed by atoms with Crippen molar-refractivity contribution in [3.8, 4) is 5.75 Å². The van der Waals surface area contributed by atoms with Crippen molar-refractivity contribution in [1.82, 2.24) is 0 Å². The van der Waals surface area contributed by atoms with Crippen LogP contribution in [-0.4, -0.2) is 23.4 Å². The average Bonchev–Trinajstić information content (AvgIpc) is 2.59. The zero-order valence-corrected chi connectivity index (χ0v) is 9.33. The van der Waals surface area contributed by atoms with Gasteiger partial charge in [0.1, 0.15) is 23.5 Å². The van der Waals surface area contributed by atoms with E-state index in [0.717, 1.165) is 18.2 Å². The summed E-state index contributed by atoms with van der Waals surface area (Å²) in [7, 11) is 0. The third kappa shape index (κ3) is 2.92. The van der Waals surface area contributed by atoms with Crippen LogP contribution in [0, 0.1) is 11.6 Å². The predicted octanol–water partition coefficient (Wildman–Crippen LogP) is 1.59. The van der Waals surface area contributed by atoms with E-state index in [1.807, 2.05) is 0 Å². The van der Waals surface area contributed by atoms with Crippen LogP contribution in [0.25, 0.3) is 0 Å². The molecule has 5 heteroatoms. The van der Waals surface area contributed by atoms with Crippen LogP contribution >= 0.6 is 0 Å². The highest BCUT2D eigenvalue weighted by Gasteiger charge is 2.36. The van der Waals surface area contributed by atoms with E-state index in [4.69, 9.17) is 15.6 Å². The monoisotopic (exact) mass is 243 g/mol. The molecule has 17 heavy (non-hydrogen) atoms. The van der Waals surface area contributed by atoms with Crippen molar-refractivity contribution in [3.05, 3.63) is 29.8 Å². The molecule has 0 aromatic heterocycles. The minimum atomic E-state index is -0.667. The fourth-order valence-corrected chi connectivity index (χ4v) is 2.14. The number of rotatable bonds is 3. The van der Waals surface area contributed by atoms with Gasteiger partial charge in [0.25, 0.3) is 0 Å². The van der Waals surface area contributed by atoms with Crippen molar-refractivity contribution >= 4 is 0 Å². The first-order valence-corrected chi connectivity index (χ1v) is 5.53. The van der Waals surface area contributed by atoms with Crippen molar-refractivity contribution in [3.63, 3.8) is 0 Å². The minimum Gasteiger partial charge on any atom is -0.490 e. The summed E-state index contributed by atoms with van der Waals surface area (Å²) in [5.74, 6) is -1.17. The molecule has 0 spiro atoms. The molecule has 0 heterocycles. The molecule has 94 valence electrons. The van der Waals surface area contributed by atoms with E-state index in [9.17, 15) is 8.78 Å². The molecule has 0 radical (unpaired) electrons. The Morgan fingerprint density at radius 1 is 1.35 bits per heavy atom. The predicted molar refractivity (Wildman–Crippen MR) is 58.6 cm³/mol. The second-order valence-corrected chi connectivity index (χ2v) is 4.61. The molecule has 0 aliphatic heterocycles. The van der Waals surface area contributed by atoms with Gasteiger partial charge in [0.05, 0.1) is 6.61 Å². The Balaban J connectivity index is 2.02. The zero-order valence-electron chi connectivity index (χ0n) is 9.33. The lowest BCUT2D eigenvalue weighted by atomic mass is 10.0. The molecule has 2 atom stereocenters. The first kappa shape index (κ1) is 12.3. The molecular formula is C12H15F2NO2. The number of aliphatic hydroxyl groups is 1. The van der Waals surface area contributed by atoms with Gasteiger partial charge in [-0.3, -0.25) is 0 Å². The molecule has 3 nitrogen and oxygen atoms in total. The Bertz CT molecular complexity index is 393. The van der Waals surface area contributed by atoms with Crippen molar-refractivity contribution in [2.24, 2.45) is 5.73 Å². The lowest BCUT2D eigenvalue weighted by Gasteiger charge is -2.21. The molecule has 2 unspecified atom stereocenters. The molecule has 0 bridgehead atoms. The summed E-state index contributed by atoms with van der Waals surface area (Å²) in [5, 5.41) is 9.10. The maximum atomic E-state index is 12.9. The number of halogens is 2. The Morgan fingerprint density at radius 3 is 2.53 bits per heavy atom. The molecule has 1 aromatic rings. The van der Waals surface area contributed by atoms with Crippen LogP contribution in [0.5, 0.6) is 5.75 Å². The third-order valence-corrected chi connectivity index (χ3v) is 3.05. The molecule has 3 N–H and O–H groups in total. The second-order valence-electron chi connectivity index (χ2n) is 4.61. The highest BCUT2D eigenvalue weighted by atomic mass is 19.1. The number of benzene rings is 1. The van der Waals surface area contributed by atoms with Crippen molar-refractivity contribution in [2.45, 2.75) is 30.9 Å². The second kappa shape index (κ2) is 4.58. The summed E-state index contributed by atoms with van der Waals surface area (Å²) < 4.78 is 31.3. The number of hydrogen-bond acceptors (Lipinski definition) is 3. The summed E-state index contributed by atoms with van der Waals surface area (Å²) in [6.45, 7) is -0.107. The normalized spacial score (nSPS) is 28.4. The van der Waals surface area contributed by atoms with Gasteiger partial charge >= 0.3 is 0 Å². The number of hydrogen-bond donors (Lipinski definition) is 2. The Kier molecular flexibility index (Phi) is 3.31. The standard InChI is InChI=1S/C12H15F2NO2/c13-8-3-9(14)5-11(4-8)17-10-1-2-12(15,6-10)7-16/h3-5,10,16H,1-2,6-7,15H2. The molecule has 2 rings (SSSR count). The van der Waals surface area contributed by atoms with Crippen molar-refractivity contribution in [1.29, 1.82) is 0 Å². The van der Waals surface area contributed by atoms with Gasteiger partial charge in [0.15, 0.2) is 0 Å². The lowest BCUT2D eigenvalue weighted by Crippen LogP contribution is -2.41. The molecule has 1 aliphatic carbocycles. The van der Waals surface area contributed by atoms with Crippen LogP contribution in [0.15, 0.2) is 18.2 Å². The first-order valence-electron chi connectivity index (χ1n) is 5.53. The molecule has 1 saturated carbocycles. The number of ether oxygens (including phenoxy) is 1. The van der Waals surface area contributed by atoms with Crippen molar-refractivity contribution < 1.29 is 18.6 Å². The van der Waals surface area contributed by atoms with Gasteiger partial charge in [-0.2, -0.15) is 0 Å². The first-order chi connectivity index (χ1) is 8.00. The summed E-state index contributed by atoms with van der Waals surface area (Å²) in [4.78, 5) is 0. The van der Waals surface area contributed by atoms with E-state index < -0.39 is 17.2 Å². The summed E-state index contributed by atoms with van der Waals surface area (Å²) in [6.07, 6.45) is 1.61. The van der Waals surface area contributed by atoms with Gasteiger partial charge in [-0.1, -0.05) is 0 Å². The van der Waals surface area contributed by atoms with Gasteiger partial charge in [-0.05, 0) is 12.8 Å². The van der Waals surface area contributed by atoms with Crippen LogP contribution < -0.4 is 10.5 Å². The van der Waals surface area contributed by atoms with Crippen LogP contribution in [0.4, 0.5) is 8.78 Å². The van der Waals surface area contributed by atoms with E-state index >= 15 is 0 Å². The fourth-order valence-electron chi connectivity index (χ4n) is 2.14.